The van der Waals surface area contributed by atoms with E-state index in [4.69, 9.17) is 0 Å². The third-order valence-electron chi connectivity index (χ3n) is 3.63. The average Bonchev–Trinajstić information content (AvgIpc) is 2.75. The first-order valence-corrected chi connectivity index (χ1v) is 14.9. The Hall–Kier alpha value is -0.282. The third kappa shape index (κ3) is 4.36. The molecule has 0 saturated carbocycles. The van der Waals surface area contributed by atoms with E-state index in [2.05, 4.69) is 74.9 Å². The maximum absolute atomic E-state index is 2.97. The SMILES string of the molecule is C[Si](C)(C)C1=CC=C[C]1([V])[Si](C)(C)C.c1ccccc1. The van der Waals surface area contributed by atoms with Crippen molar-refractivity contribution in [1.29, 1.82) is 0 Å². The molecular weight excluding hydrogens is 311 g/mol. The van der Waals surface area contributed by atoms with Gasteiger partial charge in [-0.1, -0.05) is 36.4 Å². The molecule has 20 heavy (non-hydrogen) atoms. The first-order chi connectivity index (χ1) is 9.09. The minimum atomic E-state index is -1.17. The largest absolute Gasteiger partial charge is 0.0623 e. The number of allylic oxidation sites excluding steroid dienone is 4. The van der Waals surface area contributed by atoms with Gasteiger partial charge < -0.3 is 0 Å². The van der Waals surface area contributed by atoms with Crippen LogP contribution in [0.5, 0.6) is 0 Å². The summed E-state index contributed by atoms with van der Waals surface area (Å²) in [6.07, 6.45) is 7.07. The summed E-state index contributed by atoms with van der Waals surface area (Å²) in [6, 6.07) is 12.0. The molecule has 0 fully saturated rings. The van der Waals surface area contributed by atoms with Crippen LogP contribution in [0.15, 0.2) is 59.8 Å². The van der Waals surface area contributed by atoms with E-state index < -0.39 is 16.1 Å². The fraction of sp³-hybridized carbons (Fsp3) is 0.412. The molecule has 3 heteroatoms. The molecule has 0 bridgehead atoms. The Kier molecular flexibility index (Phi) is 5.91. The van der Waals surface area contributed by atoms with Crippen LogP contribution in [0.3, 0.4) is 0 Å². The van der Waals surface area contributed by atoms with Crippen molar-refractivity contribution < 1.29 is 17.4 Å². The van der Waals surface area contributed by atoms with Crippen LogP contribution in [0.2, 0.25) is 43.0 Å². The van der Waals surface area contributed by atoms with Gasteiger partial charge in [0.15, 0.2) is 0 Å². The van der Waals surface area contributed by atoms with E-state index in [9.17, 15) is 0 Å². The van der Waals surface area contributed by atoms with Gasteiger partial charge >= 0.3 is 100 Å². The van der Waals surface area contributed by atoms with E-state index in [1.165, 1.54) is 0 Å². The molecule has 0 spiro atoms. The quantitative estimate of drug-likeness (QED) is 0.613. The molecular formula is C17H27Si2V. The number of benzene rings is 1. The fourth-order valence-corrected chi connectivity index (χ4v) is 9.74. The van der Waals surface area contributed by atoms with Crippen molar-refractivity contribution in [2.75, 3.05) is 0 Å². The van der Waals surface area contributed by atoms with Gasteiger partial charge in [0.1, 0.15) is 0 Å². The van der Waals surface area contributed by atoms with E-state index in [0.29, 0.717) is 3.75 Å². The Morgan fingerprint density at radius 1 is 0.800 bits per heavy atom. The van der Waals surface area contributed by atoms with Crippen molar-refractivity contribution in [2.45, 2.75) is 43.0 Å². The smallest absolute Gasteiger partial charge is 0.0623 e. The summed E-state index contributed by atoms with van der Waals surface area (Å²) in [4.78, 5) is 0. The Balaban J connectivity index is 0.000000276. The molecule has 0 saturated heterocycles. The van der Waals surface area contributed by atoms with Gasteiger partial charge in [0.2, 0.25) is 0 Å². The van der Waals surface area contributed by atoms with Crippen molar-refractivity contribution in [3.63, 3.8) is 0 Å². The van der Waals surface area contributed by atoms with E-state index >= 15 is 0 Å². The predicted molar refractivity (Wildman–Crippen MR) is 93.1 cm³/mol. The van der Waals surface area contributed by atoms with Crippen molar-refractivity contribution in [3.8, 4) is 0 Å². The number of hydrogen-bond acceptors (Lipinski definition) is 0. The summed E-state index contributed by atoms with van der Waals surface area (Å²) in [6.45, 7) is 14.8. The maximum atomic E-state index is 2.97. The summed E-state index contributed by atoms with van der Waals surface area (Å²) in [5, 5.41) is 1.73. The van der Waals surface area contributed by atoms with Crippen LogP contribution in [0.4, 0.5) is 0 Å². The monoisotopic (exact) mass is 338 g/mol. The molecule has 2 rings (SSSR count). The summed E-state index contributed by atoms with van der Waals surface area (Å²) < 4.78 is 0.352. The topological polar surface area (TPSA) is 0 Å². The standard InChI is InChI=1S/C11H21Si2.C6H6.V/c1-12(2,3)10-8-7-9-11(10)13(4,5)6;1-2-4-6-5-3-1;/h7-9H,1-6H3;1-6H;. The molecule has 1 aliphatic rings. The van der Waals surface area contributed by atoms with Crippen molar-refractivity contribution in [1.82, 2.24) is 0 Å². The van der Waals surface area contributed by atoms with Gasteiger partial charge in [-0.05, 0) is 0 Å². The molecule has 1 aromatic rings. The van der Waals surface area contributed by atoms with Crippen molar-refractivity contribution in [2.24, 2.45) is 0 Å². The van der Waals surface area contributed by atoms with E-state index in [1.807, 2.05) is 36.4 Å². The van der Waals surface area contributed by atoms with Gasteiger partial charge in [-0.2, -0.15) is 0 Å². The van der Waals surface area contributed by atoms with Crippen LogP contribution in [-0.2, 0) is 17.4 Å². The zero-order valence-electron chi connectivity index (χ0n) is 13.6. The molecule has 1 aromatic carbocycles. The molecule has 0 aliphatic heterocycles. The summed E-state index contributed by atoms with van der Waals surface area (Å²) >= 11 is 2.97. The molecule has 1 unspecified atom stereocenters. The molecule has 0 heterocycles. The van der Waals surface area contributed by atoms with Crippen LogP contribution in [-0.4, -0.2) is 16.1 Å². The fourth-order valence-electron chi connectivity index (χ4n) is 2.36. The number of rotatable bonds is 2. The molecule has 108 valence electrons. The second-order valence-corrected chi connectivity index (χ2v) is 19.5. The molecule has 0 aromatic heterocycles. The minimum absolute atomic E-state index is 0.352. The average molecular weight is 339 g/mol. The second-order valence-electron chi connectivity index (χ2n) is 7.36. The first kappa shape index (κ1) is 17.8. The van der Waals surface area contributed by atoms with E-state index in [-0.39, 0.29) is 0 Å². The van der Waals surface area contributed by atoms with Gasteiger partial charge in [0, 0.05) is 0 Å². The molecule has 0 amide bonds. The summed E-state index contributed by atoms with van der Waals surface area (Å²) in [5.74, 6) is 0. The number of hydrogen-bond donors (Lipinski definition) is 0. The van der Waals surface area contributed by atoms with Crippen LogP contribution >= 0.6 is 0 Å². The summed E-state index contributed by atoms with van der Waals surface area (Å²) in [5.41, 5.74) is 0. The minimum Gasteiger partial charge on any atom is -0.0623 e. The predicted octanol–water partition coefficient (Wildman–Crippen LogP) is 5.63. The first-order valence-electron chi connectivity index (χ1n) is 7.22. The van der Waals surface area contributed by atoms with Gasteiger partial charge in [0.05, 0.1) is 0 Å². The molecule has 0 radical (unpaired) electrons. The van der Waals surface area contributed by atoms with E-state index in [1.54, 1.807) is 5.20 Å². The second kappa shape index (κ2) is 6.65. The van der Waals surface area contributed by atoms with Gasteiger partial charge in [0.25, 0.3) is 0 Å². The van der Waals surface area contributed by atoms with Gasteiger partial charge in [-0.25, -0.2) is 0 Å². The van der Waals surface area contributed by atoms with Crippen molar-refractivity contribution in [3.05, 3.63) is 59.8 Å². The Morgan fingerprint density at radius 3 is 1.45 bits per heavy atom. The molecule has 0 N–H and O–H groups in total. The van der Waals surface area contributed by atoms with Crippen molar-refractivity contribution >= 4 is 16.1 Å². The Labute approximate surface area is 136 Å². The van der Waals surface area contributed by atoms with Crippen LogP contribution in [0, 0.1) is 0 Å². The maximum Gasteiger partial charge on any atom is -0.0623 e. The zero-order chi connectivity index (χ0) is 15.4. The zero-order valence-corrected chi connectivity index (χ0v) is 17.0. The van der Waals surface area contributed by atoms with Crippen LogP contribution < -0.4 is 0 Å². The molecule has 1 aliphatic carbocycles. The van der Waals surface area contributed by atoms with Gasteiger partial charge in [-0.3, -0.25) is 0 Å². The van der Waals surface area contributed by atoms with Crippen LogP contribution in [0.25, 0.3) is 0 Å². The Bertz CT molecular complexity index is 451. The summed E-state index contributed by atoms with van der Waals surface area (Å²) in [7, 11) is -2.32. The van der Waals surface area contributed by atoms with E-state index in [0.717, 1.165) is 0 Å². The van der Waals surface area contributed by atoms with Gasteiger partial charge in [-0.15, -0.1) is 0 Å². The third-order valence-corrected chi connectivity index (χ3v) is 12.9. The normalized spacial score (nSPS) is 22.0. The molecule has 1 atom stereocenters. The van der Waals surface area contributed by atoms with Crippen LogP contribution in [0.1, 0.15) is 0 Å². The molecule has 0 nitrogen and oxygen atoms in total. The Morgan fingerprint density at radius 2 is 1.20 bits per heavy atom.